The van der Waals surface area contributed by atoms with Crippen LogP contribution >= 0.6 is 0 Å². The van der Waals surface area contributed by atoms with E-state index in [0.717, 1.165) is 22.7 Å². The maximum Gasteiger partial charge on any atom is 0.171 e. The van der Waals surface area contributed by atoms with Gasteiger partial charge in [0, 0.05) is 29.9 Å². The van der Waals surface area contributed by atoms with Crippen molar-refractivity contribution in [1.82, 2.24) is 4.90 Å². The van der Waals surface area contributed by atoms with Gasteiger partial charge in [-0.05, 0) is 36.4 Å². The first-order valence-electron chi connectivity index (χ1n) is 9.83. The number of aliphatic hydroxyl groups excluding tert-OH is 1. The van der Waals surface area contributed by atoms with Crippen molar-refractivity contribution in [3.8, 4) is 5.75 Å². The normalized spacial score (nSPS) is 17.5. The van der Waals surface area contributed by atoms with Crippen LogP contribution in [-0.2, 0) is 10.2 Å². The Morgan fingerprint density at radius 2 is 1.86 bits per heavy atom. The topological polar surface area (TPSA) is 53.0 Å². The molecule has 0 spiro atoms. The van der Waals surface area contributed by atoms with Gasteiger partial charge in [0.25, 0.3) is 0 Å². The van der Waals surface area contributed by atoms with Crippen molar-refractivity contribution >= 4 is 11.5 Å². The quantitative estimate of drug-likeness (QED) is 0.728. The fraction of sp³-hybridized carbons (Fsp3) is 0.375. The summed E-state index contributed by atoms with van der Waals surface area (Å²) in [5.74, 6) is 0.780. The summed E-state index contributed by atoms with van der Waals surface area (Å²) < 4.78 is 5.20. The molecule has 29 heavy (non-hydrogen) atoms. The van der Waals surface area contributed by atoms with E-state index in [1.54, 1.807) is 13.2 Å². The third-order valence-electron chi connectivity index (χ3n) is 5.85. The van der Waals surface area contributed by atoms with Gasteiger partial charge in [0.1, 0.15) is 5.75 Å². The number of carbonyl (C=O) groups is 1. The molecule has 1 aliphatic heterocycles. The van der Waals surface area contributed by atoms with Gasteiger partial charge in [-0.25, -0.2) is 0 Å². The molecule has 0 aliphatic carbocycles. The SMILES string of the molecule is COc1ccc(C(CO)N(C)CC(=O)/C=C2\N(C)c3ccccc3C2(C)C)cc1. The van der Waals surface area contributed by atoms with Crippen molar-refractivity contribution in [2.75, 3.05) is 39.3 Å². The molecule has 2 aromatic rings. The number of likely N-dealkylation sites (N-methyl/N-ethyl adjacent to an activating group) is 2. The maximum atomic E-state index is 12.9. The fourth-order valence-corrected chi connectivity index (χ4v) is 4.14. The summed E-state index contributed by atoms with van der Waals surface area (Å²) >= 11 is 0. The van der Waals surface area contributed by atoms with Gasteiger partial charge in [-0.3, -0.25) is 9.69 Å². The third-order valence-corrected chi connectivity index (χ3v) is 5.85. The average molecular weight is 395 g/mol. The summed E-state index contributed by atoms with van der Waals surface area (Å²) in [6, 6.07) is 15.6. The highest BCUT2D eigenvalue weighted by molar-refractivity contribution is 5.94. The maximum absolute atomic E-state index is 12.9. The first kappa shape index (κ1) is 21.1. The van der Waals surface area contributed by atoms with E-state index < -0.39 is 0 Å². The molecule has 0 amide bonds. The van der Waals surface area contributed by atoms with Gasteiger partial charge in [0.05, 0.1) is 26.3 Å². The van der Waals surface area contributed by atoms with E-state index in [1.807, 2.05) is 55.4 Å². The highest BCUT2D eigenvalue weighted by atomic mass is 16.5. The summed E-state index contributed by atoms with van der Waals surface area (Å²) in [7, 11) is 5.49. The summed E-state index contributed by atoms with van der Waals surface area (Å²) in [6.07, 6.45) is 1.75. The third kappa shape index (κ3) is 4.07. The zero-order chi connectivity index (χ0) is 21.2. The van der Waals surface area contributed by atoms with Crippen molar-refractivity contribution in [2.24, 2.45) is 0 Å². The lowest BCUT2D eigenvalue weighted by Gasteiger charge is -2.27. The van der Waals surface area contributed by atoms with E-state index in [9.17, 15) is 9.90 Å². The highest BCUT2D eigenvalue weighted by Gasteiger charge is 2.38. The predicted molar refractivity (Wildman–Crippen MR) is 116 cm³/mol. The molecule has 1 N–H and O–H groups in total. The minimum Gasteiger partial charge on any atom is -0.497 e. The van der Waals surface area contributed by atoms with Crippen LogP contribution in [0.4, 0.5) is 5.69 Å². The summed E-state index contributed by atoms with van der Waals surface area (Å²) in [4.78, 5) is 16.9. The Balaban J connectivity index is 1.77. The number of ketones is 1. The lowest BCUT2D eigenvalue weighted by atomic mass is 9.83. The van der Waals surface area contributed by atoms with E-state index in [1.165, 1.54) is 5.56 Å². The molecule has 5 heteroatoms. The fourth-order valence-electron chi connectivity index (χ4n) is 4.14. The monoisotopic (exact) mass is 394 g/mol. The molecule has 1 heterocycles. The minimum absolute atomic E-state index is 0.0159. The van der Waals surface area contributed by atoms with Crippen LogP contribution in [0.3, 0.4) is 0 Å². The van der Waals surface area contributed by atoms with Gasteiger partial charge in [-0.2, -0.15) is 0 Å². The van der Waals surface area contributed by atoms with Crippen LogP contribution in [0.1, 0.15) is 31.0 Å². The Bertz CT molecular complexity index is 903. The molecule has 3 rings (SSSR count). The van der Waals surface area contributed by atoms with Crippen molar-refractivity contribution < 1.29 is 14.6 Å². The van der Waals surface area contributed by atoms with Crippen molar-refractivity contribution in [2.45, 2.75) is 25.3 Å². The lowest BCUT2D eigenvalue weighted by molar-refractivity contribution is -0.116. The largest absolute Gasteiger partial charge is 0.497 e. The zero-order valence-corrected chi connectivity index (χ0v) is 17.8. The number of ether oxygens (including phenoxy) is 1. The van der Waals surface area contributed by atoms with Gasteiger partial charge in [-0.1, -0.05) is 44.2 Å². The second kappa shape index (κ2) is 8.39. The van der Waals surface area contributed by atoms with Crippen LogP contribution in [0.15, 0.2) is 60.3 Å². The van der Waals surface area contributed by atoms with Crippen LogP contribution in [0.2, 0.25) is 0 Å². The van der Waals surface area contributed by atoms with Crippen LogP contribution in [0.25, 0.3) is 0 Å². The van der Waals surface area contributed by atoms with E-state index in [4.69, 9.17) is 4.74 Å². The number of benzene rings is 2. The van der Waals surface area contributed by atoms with Gasteiger partial charge in [0.15, 0.2) is 5.78 Å². The van der Waals surface area contributed by atoms with Crippen LogP contribution in [-0.4, -0.2) is 50.1 Å². The minimum atomic E-state index is -0.255. The molecule has 0 saturated carbocycles. The van der Waals surface area contributed by atoms with Crippen LogP contribution in [0, 0.1) is 0 Å². The highest BCUT2D eigenvalue weighted by Crippen LogP contribution is 2.46. The summed E-state index contributed by atoms with van der Waals surface area (Å²) in [5.41, 5.74) is 4.06. The number of anilines is 1. The van der Waals surface area contributed by atoms with Crippen molar-refractivity contribution in [3.05, 3.63) is 71.4 Å². The molecule has 1 unspecified atom stereocenters. The number of allylic oxidation sites excluding steroid dienone is 1. The number of fused-ring (bicyclic) bond motifs is 1. The predicted octanol–water partition coefficient (Wildman–Crippen LogP) is 3.54. The standard InChI is InChI=1S/C24H30N2O3/c1-24(2)20-8-6-7-9-21(20)26(4)23(24)14-18(28)15-25(3)22(16-27)17-10-12-19(29-5)13-11-17/h6-14,22,27H,15-16H2,1-5H3/b23-14-. The second-order valence-corrected chi connectivity index (χ2v) is 8.08. The number of methoxy groups -OCH3 is 1. The lowest BCUT2D eigenvalue weighted by Crippen LogP contribution is -2.33. The summed E-state index contributed by atoms with van der Waals surface area (Å²) in [5, 5.41) is 9.91. The van der Waals surface area contributed by atoms with Gasteiger partial charge in [-0.15, -0.1) is 0 Å². The van der Waals surface area contributed by atoms with Gasteiger partial charge < -0.3 is 14.7 Å². The first-order valence-corrected chi connectivity index (χ1v) is 9.83. The number of hydrogen-bond donors (Lipinski definition) is 1. The number of aliphatic hydroxyl groups is 1. The molecule has 0 saturated heterocycles. The molecule has 0 fully saturated rings. The zero-order valence-electron chi connectivity index (χ0n) is 17.8. The Kier molecular flexibility index (Phi) is 6.10. The second-order valence-electron chi connectivity index (χ2n) is 8.08. The van der Waals surface area contributed by atoms with Crippen LogP contribution < -0.4 is 9.64 Å². The van der Waals surface area contributed by atoms with E-state index in [0.29, 0.717) is 0 Å². The molecule has 154 valence electrons. The molecule has 1 atom stereocenters. The van der Waals surface area contributed by atoms with Gasteiger partial charge >= 0.3 is 0 Å². The number of nitrogens with zero attached hydrogens (tertiary/aromatic N) is 2. The molecule has 2 aromatic carbocycles. The molecule has 0 radical (unpaired) electrons. The Labute approximate surface area is 173 Å². The van der Waals surface area contributed by atoms with Crippen molar-refractivity contribution in [3.63, 3.8) is 0 Å². The number of para-hydroxylation sites is 1. The average Bonchev–Trinajstić information content (AvgIpc) is 2.90. The van der Waals surface area contributed by atoms with E-state index >= 15 is 0 Å². The molecular formula is C24H30N2O3. The van der Waals surface area contributed by atoms with Gasteiger partial charge in [0.2, 0.25) is 0 Å². The molecular weight excluding hydrogens is 364 g/mol. The number of hydrogen-bond acceptors (Lipinski definition) is 5. The Hall–Kier alpha value is -2.63. The first-order chi connectivity index (χ1) is 13.8. The molecule has 0 aromatic heterocycles. The smallest absolute Gasteiger partial charge is 0.171 e. The number of carbonyl (C=O) groups excluding carboxylic acids is 1. The Morgan fingerprint density at radius 3 is 2.45 bits per heavy atom. The molecule has 5 nitrogen and oxygen atoms in total. The van der Waals surface area contributed by atoms with Crippen molar-refractivity contribution in [1.29, 1.82) is 0 Å². The summed E-state index contributed by atoms with van der Waals surface area (Å²) in [6.45, 7) is 4.45. The molecule has 1 aliphatic rings. The van der Waals surface area contributed by atoms with Crippen LogP contribution in [0.5, 0.6) is 5.75 Å². The van der Waals surface area contributed by atoms with E-state index in [2.05, 4.69) is 30.9 Å². The molecule has 0 bridgehead atoms. The van der Waals surface area contributed by atoms with E-state index in [-0.39, 0.29) is 30.4 Å². The Morgan fingerprint density at radius 1 is 1.21 bits per heavy atom. The number of rotatable bonds is 7.